The van der Waals surface area contributed by atoms with Crippen LogP contribution in [0.5, 0.6) is 0 Å². The minimum Gasteiger partial charge on any atom is -0.481 e. The highest BCUT2D eigenvalue weighted by atomic mass is 79.9. The summed E-state index contributed by atoms with van der Waals surface area (Å²) in [6, 6.07) is 3.36. The maximum absolute atomic E-state index is 13.0. The summed E-state index contributed by atoms with van der Waals surface area (Å²) in [6.45, 7) is 1.89. The maximum atomic E-state index is 13.0. The standard InChI is InChI=1S/C12H13BrFNO4S/c1-7(12(16)17)8-5-15(6-8)20(18,19)11-3-2-9(14)4-10(11)13/h2-4,7-8H,5-6H2,1H3,(H,16,17). The summed E-state index contributed by atoms with van der Waals surface area (Å²) < 4.78 is 39.0. The fourth-order valence-electron chi connectivity index (χ4n) is 2.01. The maximum Gasteiger partial charge on any atom is 0.306 e. The molecule has 0 bridgehead atoms. The molecule has 110 valence electrons. The van der Waals surface area contributed by atoms with Gasteiger partial charge in [0.2, 0.25) is 10.0 Å². The van der Waals surface area contributed by atoms with Gasteiger partial charge < -0.3 is 5.11 Å². The van der Waals surface area contributed by atoms with Crippen molar-refractivity contribution in [1.82, 2.24) is 4.31 Å². The van der Waals surface area contributed by atoms with Gasteiger partial charge in [0.25, 0.3) is 0 Å². The zero-order valence-electron chi connectivity index (χ0n) is 10.6. The summed E-state index contributed by atoms with van der Waals surface area (Å²) in [5.74, 6) is -2.24. The fraction of sp³-hybridized carbons (Fsp3) is 0.417. The van der Waals surface area contributed by atoms with Gasteiger partial charge in [0.1, 0.15) is 5.82 Å². The molecule has 1 heterocycles. The smallest absolute Gasteiger partial charge is 0.306 e. The lowest BCUT2D eigenvalue weighted by atomic mass is 9.89. The van der Waals surface area contributed by atoms with Gasteiger partial charge in [-0.05, 0) is 40.0 Å². The van der Waals surface area contributed by atoms with E-state index in [4.69, 9.17) is 5.11 Å². The molecule has 1 aliphatic rings. The van der Waals surface area contributed by atoms with Crippen LogP contribution >= 0.6 is 15.9 Å². The molecule has 5 nitrogen and oxygen atoms in total. The number of carboxylic acids is 1. The Morgan fingerprint density at radius 2 is 2.10 bits per heavy atom. The lowest BCUT2D eigenvalue weighted by Gasteiger charge is -2.40. The van der Waals surface area contributed by atoms with Crippen LogP contribution in [0.2, 0.25) is 0 Å². The Bertz CT molecular complexity index is 643. The number of carboxylic acid groups (broad SMARTS) is 1. The van der Waals surface area contributed by atoms with E-state index in [1.54, 1.807) is 6.92 Å². The van der Waals surface area contributed by atoms with Crippen molar-refractivity contribution in [3.63, 3.8) is 0 Å². The molecule has 1 N–H and O–H groups in total. The van der Waals surface area contributed by atoms with Crippen molar-refractivity contribution < 1.29 is 22.7 Å². The van der Waals surface area contributed by atoms with Gasteiger partial charge >= 0.3 is 5.97 Å². The van der Waals surface area contributed by atoms with Crippen molar-refractivity contribution in [3.8, 4) is 0 Å². The van der Waals surface area contributed by atoms with Crippen LogP contribution in [0.1, 0.15) is 6.92 Å². The Morgan fingerprint density at radius 1 is 1.50 bits per heavy atom. The Morgan fingerprint density at radius 3 is 2.60 bits per heavy atom. The highest BCUT2D eigenvalue weighted by Crippen LogP contribution is 2.32. The normalized spacial score (nSPS) is 18.6. The van der Waals surface area contributed by atoms with E-state index < -0.39 is 27.7 Å². The molecule has 0 aliphatic carbocycles. The van der Waals surface area contributed by atoms with Crippen LogP contribution in [0.25, 0.3) is 0 Å². The van der Waals surface area contributed by atoms with Gasteiger partial charge in [-0.1, -0.05) is 6.92 Å². The Balaban J connectivity index is 2.16. The number of carbonyl (C=O) groups is 1. The molecule has 0 aromatic heterocycles. The molecule has 2 rings (SSSR count). The van der Waals surface area contributed by atoms with Crippen molar-refractivity contribution in [2.24, 2.45) is 11.8 Å². The molecule has 8 heteroatoms. The number of hydrogen-bond acceptors (Lipinski definition) is 3. The molecular weight excluding hydrogens is 353 g/mol. The quantitative estimate of drug-likeness (QED) is 0.884. The first-order valence-electron chi connectivity index (χ1n) is 5.91. The lowest BCUT2D eigenvalue weighted by Crippen LogP contribution is -2.53. The number of sulfonamides is 1. The zero-order chi connectivity index (χ0) is 15.1. The van der Waals surface area contributed by atoms with Crippen LogP contribution in [0.15, 0.2) is 27.6 Å². The number of rotatable bonds is 4. The van der Waals surface area contributed by atoms with E-state index in [9.17, 15) is 17.6 Å². The second-order valence-corrected chi connectivity index (χ2v) is 7.54. The van der Waals surface area contributed by atoms with Crippen LogP contribution in [0, 0.1) is 17.7 Å². The fourth-order valence-corrected chi connectivity index (χ4v) is 4.57. The van der Waals surface area contributed by atoms with Crippen LogP contribution in [0.3, 0.4) is 0 Å². The molecule has 1 aromatic carbocycles. The molecule has 0 saturated carbocycles. The average Bonchev–Trinajstić information content (AvgIpc) is 2.25. The number of nitrogens with zero attached hydrogens (tertiary/aromatic N) is 1. The third kappa shape index (κ3) is 2.72. The van der Waals surface area contributed by atoms with E-state index in [0.29, 0.717) is 0 Å². The average molecular weight is 366 g/mol. The zero-order valence-corrected chi connectivity index (χ0v) is 13.0. The molecule has 0 radical (unpaired) electrons. The van der Waals surface area contributed by atoms with Crippen molar-refractivity contribution in [1.29, 1.82) is 0 Å². The molecule has 1 atom stereocenters. The molecular formula is C12H13BrFNO4S. The van der Waals surface area contributed by atoms with Crippen LogP contribution < -0.4 is 0 Å². The van der Waals surface area contributed by atoms with E-state index in [-0.39, 0.29) is 28.4 Å². The summed E-state index contributed by atoms with van der Waals surface area (Å²) in [5, 5.41) is 8.88. The molecule has 1 aromatic rings. The third-order valence-corrected chi connectivity index (χ3v) is 6.29. The summed E-state index contributed by atoms with van der Waals surface area (Å²) in [5.41, 5.74) is 0. The first kappa shape index (κ1) is 15.4. The van der Waals surface area contributed by atoms with Crippen molar-refractivity contribution >= 4 is 31.9 Å². The van der Waals surface area contributed by atoms with Gasteiger partial charge in [0.05, 0.1) is 10.8 Å². The summed E-state index contributed by atoms with van der Waals surface area (Å²) in [6.07, 6.45) is 0. The molecule has 1 saturated heterocycles. The Labute approximate surface area is 124 Å². The Hall–Kier alpha value is -0.990. The molecule has 0 amide bonds. The second kappa shape index (κ2) is 5.42. The van der Waals surface area contributed by atoms with Crippen LogP contribution in [-0.4, -0.2) is 36.9 Å². The van der Waals surface area contributed by atoms with Gasteiger partial charge in [-0.2, -0.15) is 4.31 Å². The van der Waals surface area contributed by atoms with Crippen LogP contribution in [-0.2, 0) is 14.8 Å². The van der Waals surface area contributed by atoms with Crippen molar-refractivity contribution in [2.45, 2.75) is 11.8 Å². The van der Waals surface area contributed by atoms with E-state index in [1.165, 1.54) is 10.4 Å². The van der Waals surface area contributed by atoms with E-state index in [1.807, 2.05) is 0 Å². The number of halogens is 2. The molecule has 20 heavy (non-hydrogen) atoms. The van der Waals surface area contributed by atoms with Crippen molar-refractivity contribution in [2.75, 3.05) is 13.1 Å². The van der Waals surface area contributed by atoms with E-state index in [0.717, 1.165) is 12.1 Å². The highest BCUT2D eigenvalue weighted by Gasteiger charge is 2.41. The molecule has 1 unspecified atom stereocenters. The van der Waals surface area contributed by atoms with E-state index >= 15 is 0 Å². The highest BCUT2D eigenvalue weighted by molar-refractivity contribution is 9.10. The minimum absolute atomic E-state index is 0.0136. The number of aliphatic carboxylic acids is 1. The van der Waals surface area contributed by atoms with E-state index in [2.05, 4.69) is 15.9 Å². The SMILES string of the molecule is CC(C(=O)O)C1CN(S(=O)(=O)c2ccc(F)cc2Br)C1. The predicted molar refractivity (Wildman–Crippen MR) is 73.1 cm³/mol. The first-order chi connectivity index (χ1) is 9.23. The van der Waals surface area contributed by atoms with Gasteiger partial charge in [0.15, 0.2) is 0 Å². The molecule has 1 fully saturated rings. The lowest BCUT2D eigenvalue weighted by molar-refractivity contribution is -0.144. The summed E-state index contributed by atoms with van der Waals surface area (Å²) in [4.78, 5) is 10.8. The summed E-state index contributed by atoms with van der Waals surface area (Å²) >= 11 is 3.03. The topological polar surface area (TPSA) is 74.7 Å². The number of hydrogen-bond donors (Lipinski definition) is 1. The molecule has 0 spiro atoms. The first-order valence-corrected chi connectivity index (χ1v) is 8.15. The third-order valence-electron chi connectivity index (χ3n) is 3.48. The Kier molecular flexibility index (Phi) is 4.17. The molecule has 1 aliphatic heterocycles. The van der Waals surface area contributed by atoms with Crippen LogP contribution in [0.4, 0.5) is 4.39 Å². The number of benzene rings is 1. The minimum atomic E-state index is -3.71. The largest absolute Gasteiger partial charge is 0.481 e. The van der Waals surface area contributed by atoms with Crippen molar-refractivity contribution in [3.05, 3.63) is 28.5 Å². The summed E-state index contributed by atoms with van der Waals surface area (Å²) in [7, 11) is -3.71. The van der Waals surface area contributed by atoms with Gasteiger partial charge in [-0.25, -0.2) is 12.8 Å². The van der Waals surface area contributed by atoms with Gasteiger partial charge in [-0.3, -0.25) is 4.79 Å². The monoisotopic (exact) mass is 365 g/mol. The van der Waals surface area contributed by atoms with Gasteiger partial charge in [-0.15, -0.1) is 0 Å². The van der Waals surface area contributed by atoms with Gasteiger partial charge in [0, 0.05) is 17.6 Å². The second-order valence-electron chi connectivity index (χ2n) is 4.78. The predicted octanol–water partition coefficient (Wildman–Crippen LogP) is 1.93.